The van der Waals surface area contributed by atoms with Crippen LogP contribution in [0.25, 0.3) is 11.0 Å². The number of carbonyl (C=O) groups is 2. The summed E-state index contributed by atoms with van der Waals surface area (Å²) in [5, 5.41) is 4.43. The number of imidazole rings is 1. The fourth-order valence-electron chi connectivity index (χ4n) is 5.61. The molecule has 172 valence electrons. The Kier molecular flexibility index (Phi) is 5.43. The van der Waals surface area contributed by atoms with Crippen LogP contribution in [0.3, 0.4) is 0 Å². The predicted molar refractivity (Wildman–Crippen MR) is 120 cm³/mol. The van der Waals surface area contributed by atoms with Crippen molar-refractivity contribution in [2.45, 2.75) is 43.6 Å². The molecule has 2 saturated heterocycles. The van der Waals surface area contributed by atoms with Crippen molar-refractivity contribution in [1.82, 2.24) is 19.5 Å². The van der Waals surface area contributed by atoms with Gasteiger partial charge in [0.2, 0.25) is 11.8 Å². The van der Waals surface area contributed by atoms with Crippen LogP contribution in [0, 0.1) is 0 Å². The number of imide groups is 1. The van der Waals surface area contributed by atoms with Crippen LogP contribution in [-0.4, -0.2) is 71.4 Å². The minimum absolute atomic E-state index is 0.176. The van der Waals surface area contributed by atoms with Crippen molar-refractivity contribution in [2.75, 3.05) is 44.8 Å². The second kappa shape index (κ2) is 8.13. The minimum Gasteiger partial charge on any atom is -0.377 e. The van der Waals surface area contributed by atoms with Gasteiger partial charge in [-0.05, 0) is 36.8 Å². The lowest BCUT2D eigenvalue weighted by molar-refractivity contribution is -0.131. The van der Waals surface area contributed by atoms with E-state index < -0.39 is 0 Å². The van der Waals surface area contributed by atoms with Gasteiger partial charge in [0.05, 0.1) is 16.6 Å². The van der Waals surface area contributed by atoms with Gasteiger partial charge in [0.25, 0.3) is 0 Å². The lowest BCUT2D eigenvalue weighted by Gasteiger charge is -2.49. The van der Waals surface area contributed by atoms with Gasteiger partial charge >= 0.3 is 5.69 Å². The molecule has 3 fully saturated rings. The number of hydrogen-bond donors (Lipinski definition) is 1. The monoisotopic (exact) mass is 441 g/mol. The smallest absolute Gasteiger partial charge is 0.348 e. The van der Waals surface area contributed by atoms with E-state index in [9.17, 15) is 14.4 Å². The fourth-order valence-corrected chi connectivity index (χ4v) is 5.61. The number of nitrogens with zero attached hydrogens (tertiary/aromatic N) is 4. The van der Waals surface area contributed by atoms with E-state index in [1.165, 1.54) is 4.68 Å². The van der Waals surface area contributed by atoms with Gasteiger partial charge in [0, 0.05) is 59.7 Å². The van der Waals surface area contributed by atoms with Crippen molar-refractivity contribution in [3.8, 4) is 0 Å². The van der Waals surface area contributed by atoms with Gasteiger partial charge in [0.1, 0.15) is 0 Å². The zero-order valence-corrected chi connectivity index (χ0v) is 18.8. The van der Waals surface area contributed by atoms with E-state index in [0.29, 0.717) is 11.9 Å². The molecule has 3 aliphatic rings. The molecule has 2 aliphatic heterocycles. The highest BCUT2D eigenvalue weighted by molar-refractivity contribution is 6.11. The number of benzene rings is 1. The van der Waals surface area contributed by atoms with Crippen LogP contribution in [-0.2, 0) is 21.4 Å². The third-order valence-corrected chi connectivity index (χ3v) is 7.36. The molecule has 1 aliphatic carbocycles. The number of piperidine rings is 1. The van der Waals surface area contributed by atoms with Crippen molar-refractivity contribution >= 4 is 22.8 Å². The Morgan fingerprint density at radius 1 is 1.09 bits per heavy atom. The van der Waals surface area contributed by atoms with Crippen LogP contribution in [0.1, 0.15) is 43.6 Å². The normalized spacial score (nSPS) is 27.2. The zero-order valence-electron chi connectivity index (χ0n) is 18.8. The molecule has 1 saturated carbocycles. The third kappa shape index (κ3) is 3.39. The Balaban J connectivity index is 1.47. The fraction of sp³-hybridized carbons (Fsp3) is 0.609. The number of aryl methyl sites for hydroxylation is 1. The molecule has 1 N–H and O–H groups in total. The molecule has 3 heterocycles. The first-order valence-electron chi connectivity index (χ1n) is 11.5. The molecule has 9 nitrogen and oxygen atoms in total. The summed E-state index contributed by atoms with van der Waals surface area (Å²) < 4.78 is 8.83. The standard InChI is InChI=1S/C23H31N5O4/c1-25-21-17(16-13-23(14-16,32-2)15-26-11-9-24-10-12-26)5-3-6-18(21)27(22(25)31)28-19(29)7-4-8-20(28)30/h3,5-6,16,24H,4,7-15H2,1-2H3. The van der Waals surface area contributed by atoms with Crippen LogP contribution < -0.4 is 16.0 Å². The molecule has 1 aromatic heterocycles. The maximum absolute atomic E-state index is 13.1. The van der Waals surface area contributed by atoms with Gasteiger partial charge in [-0.2, -0.15) is 9.69 Å². The summed E-state index contributed by atoms with van der Waals surface area (Å²) in [6.45, 7) is 4.98. The van der Waals surface area contributed by atoms with E-state index in [4.69, 9.17) is 4.74 Å². The quantitative estimate of drug-likeness (QED) is 0.687. The number of piperazine rings is 1. The number of para-hydroxylation sites is 1. The maximum Gasteiger partial charge on any atom is 0.348 e. The first-order valence-corrected chi connectivity index (χ1v) is 11.5. The van der Waals surface area contributed by atoms with E-state index in [1.807, 2.05) is 12.1 Å². The Hall–Kier alpha value is -2.49. The van der Waals surface area contributed by atoms with Gasteiger partial charge in [-0.1, -0.05) is 12.1 Å². The van der Waals surface area contributed by atoms with Gasteiger partial charge in [0.15, 0.2) is 0 Å². The van der Waals surface area contributed by atoms with E-state index in [0.717, 1.165) is 61.7 Å². The molecule has 1 aromatic carbocycles. The predicted octanol–water partition coefficient (Wildman–Crippen LogP) is 0.683. The molecule has 0 bridgehead atoms. The maximum atomic E-state index is 13.1. The van der Waals surface area contributed by atoms with Crippen molar-refractivity contribution in [2.24, 2.45) is 7.05 Å². The SMILES string of the molecule is COC1(CN2CCNCC2)CC(c2cccc3c2n(C)c(=O)n3N2C(=O)CCCC2=O)C1. The molecule has 5 rings (SSSR count). The third-order valence-electron chi connectivity index (χ3n) is 7.36. The molecule has 2 aromatic rings. The molecule has 0 radical (unpaired) electrons. The number of aromatic nitrogens is 2. The highest BCUT2D eigenvalue weighted by atomic mass is 16.5. The van der Waals surface area contributed by atoms with E-state index in [1.54, 1.807) is 18.7 Å². The highest BCUT2D eigenvalue weighted by Gasteiger charge is 2.47. The van der Waals surface area contributed by atoms with Crippen molar-refractivity contribution in [3.63, 3.8) is 0 Å². The Morgan fingerprint density at radius 2 is 1.78 bits per heavy atom. The topological polar surface area (TPSA) is 88.8 Å². The first-order chi connectivity index (χ1) is 15.4. The lowest BCUT2D eigenvalue weighted by Crippen LogP contribution is -2.56. The number of rotatable bonds is 5. The average Bonchev–Trinajstić information content (AvgIpc) is 3.02. The molecule has 32 heavy (non-hydrogen) atoms. The molecular formula is C23H31N5O4. The lowest BCUT2D eigenvalue weighted by atomic mass is 9.67. The average molecular weight is 442 g/mol. The molecule has 0 spiro atoms. The Labute approximate surface area is 186 Å². The van der Waals surface area contributed by atoms with Crippen molar-refractivity contribution in [3.05, 3.63) is 34.2 Å². The van der Waals surface area contributed by atoms with Crippen molar-refractivity contribution in [1.29, 1.82) is 0 Å². The molecule has 9 heteroatoms. The van der Waals surface area contributed by atoms with Crippen LogP contribution in [0.2, 0.25) is 0 Å². The number of carbonyl (C=O) groups excluding carboxylic acids is 2. The zero-order chi connectivity index (χ0) is 22.5. The summed E-state index contributed by atoms with van der Waals surface area (Å²) in [4.78, 5) is 40.6. The molecule has 0 atom stereocenters. The van der Waals surface area contributed by atoms with Gasteiger partial charge in [-0.25, -0.2) is 4.79 Å². The van der Waals surface area contributed by atoms with Gasteiger partial charge < -0.3 is 10.1 Å². The van der Waals surface area contributed by atoms with Gasteiger partial charge in [-0.15, -0.1) is 0 Å². The molecule has 2 amide bonds. The van der Waals surface area contributed by atoms with E-state index in [2.05, 4.69) is 16.3 Å². The van der Waals surface area contributed by atoms with Crippen LogP contribution in [0.4, 0.5) is 0 Å². The molecular weight excluding hydrogens is 410 g/mol. The summed E-state index contributed by atoms with van der Waals surface area (Å²) in [7, 11) is 3.51. The number of hydrogen-bond acceptors (Lipinski definition) is 6. The Bertz CT molecular complexity index is 1090. The number of amides is 2. The van der Waals surface area contributed by atoms with E-state index in [-0.39, 0.29) is 41.9 Å². The number of nitrogens with one attached hydrogen (secondary N) is 1. The largest absolute Gasteiger partial charge is 0.377 e. The number of methoxy groups -OCH3 is 1. The van der Waals surface area contributed by atoms with Crippen LogP contribution >= 0.6 is 0 Å². The van der Waals surface area contributed by atoms with Crippen molar-refractivity contribution < 1.29 is 14.3 Å². The summed E-state index contributed by atoms with van der Waals surface area (Å²) in [6, 6.07) is 5.79. The highest BCUT2D eigenvalue weighted by Crippen LogP contribution is 2.48. The molecule has 0 unspecified atom stereocenters. The Morgan fingerprint density at radius 3 is 2.44 bits per heavy atom. The second-order valence-electron chi connectivity index (χ2n) is 9.34. The first kappa shape index (κ1) is 21.4. The number of fused-ring (bicyclic) bond motifs is 1. The summed E-state index contributed by atoms with van der Waals surface area (Å²) in [6.07, 6.45) is 2.85. The van der Waals surface area contributed by atoms with Crippen LogP contribution in [0.15, 0.2) is 23.0 Å². The van der Waals surface area contributed by atoms with Gasteiger partial charge in [-0.3, -0.25) is 19.1 Å². The summed E-state index contributed by atoms with van der Waals surface area (Å²) >= 11 is 0. The number of ether oxygens (including phenoxy) is 1. The minimum atomic E-state index is -0.366. The summed E-state index contributed by atoms with van der Waals surface area (Å²) in [5.74, 6) is -0.380. The van der Waals surface area contributed by atoms with Crippen LogP contribution in [0.5, 0.6) is 0 Å². The second-order valence-corrected chi connectivity index (χ2v) is 9.34. The summed E-state index contributed by atoms with van der Waals surface area (Å²) in [5.41, 5.74) is 1.93. The van der Waals surface area contributed by atoms with E-state index >= 15 is 0 Å².